The van der Waals surface area contributed by atoms with Gasteiger partial charge in [-0.1, -0.05) is 80.4 Å². The first kappa shape index (κ1) is 38.5. The molecule has 0 radical (unpaired) electrons. The average Bonchev–Trinajstić information content (AvgIpc) is 2.98. The SMILES string of the molecule is CCCCCCCC/C=C\CCCCCCCC(=O)NC(CO[PH](O)(O)O)Cc1ccc(OCc2c(Cl)cccc2Cl)cc1. The maximum absolute atomic E-state index is 12.6. The number of hydrogen-bond acceptors (Lipinski definition) is 6. The van der Waals surface area contributed by atoms with Crippen LogP contribution in [0.15, 0.2) is 54.6 Å². The number of carbonyl (C=O) groups excluding carboxylic acids is 1. The van der Waals surface area contributed by atoms with Crippen molar-refractivity contribution >= 4 is 37.3 Å². The van der Waals surface area contributed by atoms with Crippen LogP contribution < -0.4 is 10.1 Å². The van der Waals surface area contributed by atoms with Crippen LogP contribution in [0.4, 0.5) is 0 Å². The van der Waals surface area contributed by atoms with E-state index in [9.17, 15) is 19.5 Å². The van der Waals surface area contributed by atoms with Crippen molar-refractivity contribution in [2.24, 2.45) is 0 Å². The third-order valence-corrected chi connectivity index (χ3v) is 8.62. The molecule has 0 spiro atoms. The van der Waals surface area contributed by atoms with Crippen molar-refractivity contribution in [2.75, 3.05) is 6.61 Å². The number of carbonyl (C=O) groups is 1. The molecule has 2 aromatic carbocycles. The molecule has 0 aliphatic carbocycles. The molecular weight excluding hydrogens is 620 g/mol. The zero-order valence-electron chi connectivity index (χ0n) is 26.1. The topological polar surface area (TPSA) is 108 Å². The predicted octanol–water partition coefficient (Wildman–Crippen LogP) is 9.04. The molecule has 0 heterocycles. The summed E-state index contributed by atoms with van der Waals surface area (Å²) in [6.07, 6.45) is 20.9. The Morgan fingerprint density at radius 3 is 2.00 bits per heavy atom. The summed E-state index contributed by atoms with van der Waals surface area (Å²) in [5.74, 6) is 0.493. The zero-order chi connectivity index (χ0) is 32.0. The number of halogens is 2. The van der Waals surface area contributed by atoms with Gasteiger partial charge in [0.05, 0.1) is 0 Å². The molecule has 0 saturated carbocycles. The van der Waals surface area contributed by atoms with Gasteiger partial charge in [0.2, 0.25) is 0 Å². The normalized spacial score (nSPS) is 12.9. The van der Waals surface area contributed by atoms with Crippen molar-refractivity contribution < 1.29 is 28.7 Å². The Kier molecular flexibility index (Phi) is 19.9. The van der Waals surface area contributed by atoms with Crippen LogP contribution in [0.1, 0.15) is 108 Å². The molecule has 0 bridgehead atoms. The molecule has 1 atom stereocenters. The maximum atomic E-state index is 12.6. The van der Waals surface area contributed by atoms with Crippen molar-refractivity contribution in [3.05, 3.63) is 75.8 Å². The van der Waals surface area contributed by atoms with Gasteiger partial charge in [0.25, 0.3) is 0 Å². The predicted molar refractivity (Wildman–Crippen MR) is 183 cm³/mol. The van der Waals surface area contributed by atoms with Gasteiger partial charge in [-0.15, -0.1) is 0 Å². The number of rotatable bonds is 24. The first-order chi connectivity index (χ1) is 21.2. The molecular formula is C34H52Cl2NO6P. The first-order valence-corrected chi connectivity index (χ1v) is 18.6. The number of hydrogen-bond donors (Lipinski definition) is 4. The quantitative estimate of drug-likeness (QED) is 0.0504. The Labute approximate surface area is 274 Å². The number of amides is 1. The van der Waals surface area contributed by atoms with Gasteiger partial charge in [0.15, 0.2) is 0 Å². The van der Waals surface area contributed by atoms with Gasteiger partial charge in [0, 0.05) is 0 Å². The standard InChI is InChI=1S/C34H52Cl2NO6P/c1-2-3-4-5-6-7-8-9-10-11-12-13-14-15-16-20-34(38)37-29(26-43-44(39,40)41)25-28-21-23-30(24-22-28)42-27-31-32(35)18-17-19-33(31)36/h9-10,17-19,21-24,29,39-41,44H,2-8,11-16,20,25-27H2,1H3,(H,37,38)/b10-9-. The Bertz CT molecular complexity index is 1070. The van der Waals surface area contributed by atoms with Gasteiger partial charge < -0.3 is 0 Å². The molecule has 44 heavy (non-hydrogen) atoms. The van der Waals surface area contributed by atoms with Gasteiger partial charge in [-0.2, -0.15) is 0 Å². The average molecular weight is 673 g/mol. The molecule has 10 heteroatoms. The number of ether oxygens (including phenoxy) is 1. The van der Waals surface area contributed by atoms with Gasteiger partial charge in [-0.3, -0.25) is 0 Å². The van der Waals surface area contributed by atoms with Crippen LogP contribution in [0.3, 0.4) is 0 Å². The van der Waals surface area contributed by atoms with Gasteiger partial charge >= 0.3 is 170 Å². The van der Waals surface area contributed by atoms with Crippen LogP contribution in [0.2, 0.25) is 10.0 Å². The van der Waals surface area contributed by atoms with Crippen LogP contribution in [-0.4, -0.2) is 33.2 Å². The van der Waals surface area contributed by atoms with Crippen LogP contribution in [-0.2, 0) is 22.3 Å². The fourth-order valence-electron chi connectivity index (χ4n) is 4.85. The van der Waals surface area contributed by atoms with Crippen LogP contribution in [0.25, 0.3) is 0 Å². The number of unbranched alkanes of at least 4 members (excludes halogenated alkanes) is 11. The summed E-state index contributed by atoms with van der Waals surface area (Å²) >= 11 is 12.4. The molecule has 4 N–H and O–H groups in total. The third-order valence-electron chi connectivity index (χ3n) is 7.36. The van der Waals surface area contributed by atoms with E-state index in [1.165, 1.54) is 51.4 Å². The van der Waals surface area contributed by atoms with Crippen LogP contribution in [0.5, 0.6) is 5.75 Å². The fourth-order valence-corrected chi connectivity index (χ4v) is 5.78. The van der Waals surface area contributed by atoms with E-state index in [4.69, 9.17) is 32.5 Å². The van der Waals surface area contributed by atoms with Crippen molar-refractivity contribution in [3.8, 4) is 5.75 Å². The molecule has 2 aromatic rings. The van der Waals surface area contributed by atoms with Crippen molar-refractivity contribution in [1.82, 2.24) is 5.32 Å². The van der Waals surface area contributed by atoms with E-state index in [2.05, 4.69) is 24.4 Å². The van der Waals surface area contributed by atoms with Crippen molar-refractivity contribution in [3.63, 3.8) is 0 Å². The fraction of sp³-hybridized carbons (Fsp3) is 0.559. The van der Waals surface area contributed by atoms with E-state index in [0.717, 1.165) is 37.7 Å². The van der Waals surface area contributed by atoms with E-state index >= 15 is 0 Å². The third kappa shape index (κ3) is 18.3. The summed E-state index contributed by atoms with van der Waals surface area (Å²) in [7, 11) is -4.71. The second-order valence-electron chi connectivity index (χ2n) is 11.3. The second-order valence-corrected chi connectivity index (χ2v) is 13.6. The second kappa shape index (κ2) is 22.7. The molecule has 2 rings (SSSR count). The minimum atomic E-state index is -4.71. The monoisotopic (exact) mass is 671 g/mol. The molecule has 1 amide bonds. The van der Waals surface area contributed by atoms with Gasteiger partial charge in [-0.25, -0.2) is 0 Å². The summed E-state index contributed by atoms with van der Waals surface area (Å²) in [5.41, 5.74) is 1.58. The van der Waals surface area contributed by atoms with E-state index in [0.29, 0.717) is 34.2 Å². The van der Waals surface area contributed by atoms with E-state index < -0.39 is 14.2 Å². The zero-order valence-corrected chi connectivity index (χ0v) is 28.6. The summed E-state index contributed by atoms with van der Waals surface area (Å²) in [4.78, 5) is 40.6. The summed E-state index contributed by atoms with van der Waals surface area (Å²) in [5, 5.41) is 3.98. The molecule has 1 unspecified atom stereocenters. The Hall–Kier alpha value is -1.70. The molecule has 0 aliphatic rings. The molecule has 0 aromatic heterocycles. The van der Waals surface area contributed by atoms with Crippen molar-refractivity contribution in [2.45, 2.75) is 116 Å². The van der Waals surface area contributed by atoms with Crippen LogP contribution in [0, 0.1) is 0 Å². The molecule has 0 aliphatic heterocycles. The minimum absolute atomic E-state index is 0.131. The Morgan fingerprint density at radius 2 is 1.41 bits per heavy atom. The summed E-state index contributed by atoms with van der Waals surface area (Å²) in [6, 6.07) is 12.1. The number of benzene rings is 2. The number of nitrogens with one attached hydrogen (secondary N) is 1. The van der Waals surface area contributed by atoms with E-state index in [-0.39, 0.29) is 19.1 Å². The molecule has 0 saturated heterocycles. The Morgan fingerprint density at radius 1 is 0.841 bits per heavy atom. The van der Waals surface area contributed by atoms with Crippen LogP contribution >= 0.6 is 31.4 Å². The molecule has 7 nitrogen and oxygen atoms in total. The van der Waals surface area contributed by atoms with Gasteiger partial charge in [-0.05, 0) is 25.0 Å². The molecule has 0 fully saturated rings. The molecule has 248 valence electrons. The summed E-state index contributed by atoms with van der Waals surface area (Å²) < 4.78 is 10.7. The number of allylic oxidation sites excluding steroid dienone is 2. The van der Waals surface area contributed by atoms with Crippen molar-refractivity contribution in [1.29, 1.82) is 0 Å². The Balaban J connectivity index is 1.68. The van der Waals surface area contributed by atoms with E-state index in [1.807, 2.05) is 12.1 Å². The van der Waals surface area contributed by atoms with E-state index in [1.54, 1.807) is 30.3 Å². The van der Waals surface area contributed by atoms with Gasteiger partial charge in [0.1, 0.15) is 0 Å². The first-order valence-electron chi connectivity index (χ1n) is 16.1. The summed E-state index contributed by atoms with van der Waals surface area (Å²) in [6.45, 7) is 2.24.